The van der Waals surface area contributed by atoms with Gasteiger partial charge in [0, 0.05) is 95.5 Å². The van der Waals surface area contributed by atoms with Crippen LogP contribution in [0.3, 0.4) is 0 Å². The van der Waals surface area contributed by atoms with E-state index in [1.807, 2.05) is 117 Å². The summed E-state index contributed by atoms with van der Waals surface area (Å²) in [7, 11) is 0. The smallest absolute Gasteiger partial charge is 0.318 e. The van der Waals surface area contributed by atoms with Crippen molar-refractivity contribution in [3.8, 4) is 33.4 Å². The third-order valence-corrected chi connectivity index (χ3v) is 24.5. The number of aryl methyl sites for hydroxylation is 2. The maximum atomic E-state index is 14.0. The zero-order valence-corrected chi connectivity index (χ0v) is 70.3. The van der Waals surface area contributed by atoms with Crippen molar-refractivity contribution in [1.82, 2.24) is 0 Å². The Balaban J connectivity index is 0.000000174. The van der Waals surface area contributed by atoms with Gasteiger partial charge >= 0.3 is 17.9 Å². The van der Waals surface area contributed by atoms with Gasteiger partial charge in [-0.15, -0.1) is 0 Å². The van der Waals surface area contributed by atoms with E-state index in [1.165, 1.54) is 39.2 Å². The summed E-state index contributed by atoms with van der Waals surface area (Å²) in [6.07, 6.45) is 23.0. The summed E-state index contributed by atoms with van der Waals surface area (Å²) in [5.41, 5.74) is 18.1. The molecule has 0 saturated heterocycles. The van der Waals surface area contributed by atoms with Gasteiger partial charge in [0.05, 0.1) is 9.85 Å². The molecule has 8 aromatic carbocycles. The Morgan fingerprint density at radius 3 is 1.04 bits per heavy atom. The molecule has 0 heterocycles. The molecule has 0 amide bonds. The van der Waals surface area contributed by atoms with Crippen LogP contribution in [0.2, 0.25) is 0 Å². The van der Waals surface area contributed by atoms with Crippen LogP contribution in [0.25, 0.3) is 33.4 Å². The Morgan fingerprint density at radius 2 is 0.703 bits per heavy atom. The van der Waals surface area contributed by atoms with E-state index < -0.39 is 28.7 Å². The predicted molar refractivity (Wildman–Crippen MR) is 463 cm³/mol. The number of benzene rings is 8. The fourth-order valence-electron chi connectivity index (χ4n) is 19.5. The number of nitro groups is 2. The number of fused-ring (bicyclic) bond motifs is 9. The van der Waals surface area contributed by atoms with E-state index in [4.69, 9.17) is 14.5 Å². The highest BCUT2D eigenvalue weighted by Crippen LogP contribution is 2.58. The standard InChI is InChI=1S/C38H43NO4.C31H32N2O5.C30H36N2O5/c1-5-20-38(21-6-2)33-23-28(36(41)30-15-11-10-12-25(30)3)16-18-31(33)32-19-17-29(24-34(32)38)37(42)35(39-43-26(4)40)22-27-13-8-7-9-14-27;1-5-14-31(15-6-2)27-18-23(10-12-25(27)26-13-11-24(33(36)37)19-28(26)31)30(35)29(32-38-21(4)34)17-22-9-7-8-20(3)16-22;1-4-15-30(16-5-2)26-18-22(11-13-24(26)25-14-12-23(32(35)36)19-27(25)30)29(34)28(31-37-20(3)33)17-21-9-7-6-8-10-21/h10-12,15-19,23-24,27H,5-9,13-14,20-22H2,1-4H3;7-13,16,18-19H,5-6,14-15,17H2,1-4H3;11-14,18-19,21H,4-10,15-17H2,1-3H3/b39-35+;32-29+;31-28+. The first-order valence-corrected chi connectivity index (χ1v) is 42.5. The van der Waals surface area contributed by atoms with Crippen LogP contribution in [0.15, 0.2) is 173 Å². The molecule has 5 aliphatic rings. The summed E-state index contributed by atoms with van der Waals surface area (Å²) < 4.78 is 0. The van der Waals surface area contributed by atoms with Crippen LogP contribution in [0.1, 0.15) is 313 Å². The van der Waals surface area contributed by atoms with E-state index in [0.29, 0.717) is 52.6 Å². The largest absolute Gasteiger partial charge is 0.331 e. The predicted octanol–water partition coefficient (Wildman–Crippen LogP) is 23.8. The van der Waals surface area contributed by atoms with Gasteiger partial charge in [-0.2, -0.15) is 0 Å². The summed E-state index contributed by atoms with van der Waals surface area (Å²) in [4.78, 5) is 127. The normalized spacial score (nSPS) is 15.4. The van der Waals surface area contributed by atoms with E-state index >= 15 is 0 Å². The average molecular weight is 1590 g/mol. The van der Waals surface area contributed by atoms with E-state index in [1.54, 1.807) is 30.3 Å². The molecule has 0 N–H and O–H groups in total. The van der Waals surface area contributed by atoms with Crippen LogP contribution in [0.4, 0.5) is 11.4 Å². The highest BCUT2D eigenvalue weighted by Gasteiger charge is 2.47. The van der Waals surface area contributed by atoms with Crippen molar-refractivity contribution in [2.45, 2.75) is 253 Å². The van der Waals surface area contributed by atoms with Gasteiger partial charge in [-0.1, -0.05) is 262 Å². The molecule has 19 heteroatoms. The van der Waals surface area contributed by atoms with Crippen molar-refractivity contribution < 1.29 is 57.9 Å². The van der Waals surface area contributed by atoms with Crippen LogP contribution in [0, 0.1) is 45.9 Å². The minimum absolute atomic E-state index is 0.0312. The molecule has 0 bridgehead atoms. The average Bonchev–Trinajstić information content (AvgIpc) is 1.58. The fraction of sp³-hybridized carbons (Fsp3) is 0.414. The number of carbonyl (C=O) groups excluding carboxylic acids is 7. The van der Waals surface area contributed by atoms with Crippen molar-refractivity contribution in [2.75, 3.05) is 0 Å². The second kappa shape index (κ2) is 39.3. The monoisotopic (exact) mass is 1590 g/mol. The molecule has 19 nitrogen and oxygen atoms in total. The number of carbonyl (C=O) groups is 7. The van der Waals surface area contributed by atoms with Gasteiger partial charge < -0.3 is 14.5 Å². The first kappa shape index (κ1) is 87.5. The van der Waals surface area contributed by atoms with Gasteiger partial charge in [0.25, 0.3) is 11.4 Å². The van der Waals surface area contributed by atoms with Gasteiger partial charge in [-0.3, -0.25) is 39.4 Å². The molecule has 0 spiro atoms. The molecule has 0 aliphatic heterocycles. The zero-order chi connectivity index (χ0) is 84.6. The molecule has 0 aromatic heterocycles. The SMILES string of the molecule is CCCC1(CCC)c2cc(C(=O)/C(CC3CCCCC3)=N/OC(C)=O)ccc2-c2ccc(C(=O)c3ccccc3C)cc21.CCCC1(CCC)c2cc(C(=O)/C(CC3CCCCC3)=N/OC(C)=O)ccc2-c2ccc([N+](=O)[O-])cc21.CCCC1(CCC)c2cc(C(=O)/C(Cc3cccc(C)c3)=N/OC(C)=O)ccc2-c2ccc([N+](=O)[O-])cc21. The summed E-state index contributed by atoms with van der Waals surface area (Å²) in [6.45, 7) is 20.6. The second-order valence-electron chi connectivity index (χ2n) is 32.8. The number of Topliss-reactive ketones (excluding diaryl/α,β-unsaturated/α-hetero) is 3. The summed E-state index contributed by atoms with van der Waals surface area (Å²) >= 11 is 0. The number of hydrogen-bond acceptors (Lipinski definition) is 17. The minimum atomic E-state index is -0.601. The lowest BCUT2D eigenvalue weighted by molar-refractivity contribution is -0.385. The van der Waals surface area contributed by atoms with Crippen molar-refractivity contribution in [1.29, 1.82) is 0 Å². The molecule has 616 valence electrons. The van der Waals surface area contributed by atoms with Gasteiger partial charge in [0.1, 0.15) is 17.1 Å². The van der Waals surface area contributed by atoms with Gasteiger partial charge in [-0.25, -0.2) is 14.4 Å². The topological polar surface area (TPSA) is 271 Å². The molecule has 2 saturated carbocycles. The molecule has 5 aliphatic carbocycles. The molecule has 2 fully saturated rings. The Labute approximate surface area is 693 Å². The van der Waals surface area contributed by atoms with Crippen molar-refractivity contribution in [3.63, 3.8) is 0 Å². The van der Waals surface area contributed by atoms with Crippen LogP contribution in [-0.2, 0) is 51.6 Å². The Hall–Kier alpha value is -11.3. The molecule has 118 heavy (non-hydrogen) atoms. The highest BCUT2D eigenvalue weighted by atomic mass is 16.7. The summed E-state index contributed by atoms with van der Waals surface area (Å²) in [6, 6.07) is 49.1. The number of ketones is 4. The van der Waals surface area contributed by atoms with Crippen LogP contribution >= 0.6 is 0 Å². The lowest BCUT2D eigenvalue weighted by atomic mass is 9.71. The molecular formula is C99H111N5O14. The fourth-order valence-corrected chi connectivity index (χ4v) is 19.5. The molecule has 0 unspecified atom stereocenters. The Morgan fingerprint density at radius 1 is 0.381 bits per heavy atom. The Bertz CT molecular complexity index is 5230. The Kier molecular flexibility index (Phi) is 29.1. The first-order chi connectivity index (χ1) is 56.8. The van der Waals surface area contributed by atoms with Gasteiger partial charge in [0.2, 0.25) is 17.3 Å². The summed E-state index contributed by atoms with van der Waals surface area (Å²) in [5.74, 6) is -1.65. The third kappa shape index (κ3) is 19.1. The quantitative estimate of drug-likeness (QED) is 0.0129. The summed E-state index contributed by atoms with van der Waals surface area (Å²) in [5, 5.41) is 35.2. The molecule has 0 radical (unpaired) electrons. The second-order valence-corrected chi connectivity index (χ2v) is 32.8. The van der Waals surface area contributed by atoms with Crippen LogP contribution < -0.4 is 0 Å². The lowest BCUT2D eigenvalue weighted by Crippen LogP contribution is -2.26. The van der Waals surface area contributed by atoms with Crippen molar-refractivity contribution in [3.05, 3.63) is 256 Å². The lowest BCUT2D eigenvalue weighted by Gasteiger charge is -2.32. The van der Waals surface area contributed by atoms with Crippen LogP contribution in [-0.4, -0.2) is 68.0 Å². The van der Waals surface area contributed by atoms with Gasteiger partial charge in [-0.05, 0) is 191 Å². The van der Waals surface area contributed by atoms with E-state index in [9.17, 15) is 53.8 Å². The maximum Gasteiger partial charge on any atom is 0.331 e. The van der Waals surface area contributed by atoms with Gasteiger partial charge in [0.15, 0.2) is 5.78 Å². The van der Waals surface area contributed by atoms with Crippen LogP contribution in [0.5, 0.6) is 0 Å². The number of nitro benzene ring substituents is 2. The zero-order valence-electron chi connectivity index (χ0n) is 70.3. The van der Waals surface area contributed by atoms with Crippen molar-refractivity contribution >= 4 is 69.6 Å². The highest BCUT2D eigenvalue weighted by molar-refractivity contribution is 6.47. The third-order valence-electron chi connectivity index (χ3n) is 24.5. The first-order valence-electron chi connectivity index (χ1n) is 42.5. The van der Waals surface area contributed by atoms with E-state index in [0.717, 1.165) is 212 Å². The van der Waals surface area contributed by atoms with Crippen molar-refractivity contribution in [2.24, 2.45) is 27.3 Å². The number of non-ortho nitro benzene ring substituents is 2. The number of hydrogen-bond donors (Lipinski definition) is 0. The molecule has 13 rings (SSSR count). The minimum Gasteiger partial charge on any atom is -0.318 e. The van der Waals surface area contributed by atoms with E-state index in [-0.39, 0.29) is 67.6 Å². The van der Waals surface area contributed by atoms with E-state index in [2.05, 4.69) is 81.3 Å². The maximum absolute atomic E-state index is 14.0. The number of nitrogens with zero attached hydrogens (tertiary/aromatic N) is 5. The molecule has 8 aromatic rings. The number of rotatable bonds is 31. The number of oxime groups is 3. The molecule has 0 atom stereocenters. The molecular weight excluding hydrogens is 1480 g/mol.